The second-order valence-electron chi connectivity index (χ2n) is 8.86. The number of carbonyl (C=O) groups excluding carboxylic acids is 1. The van der Waals surface area contributed by atoms with Gasteiger partial charge in [0.15, 0.2) is 0 Å². The lowest BCUT2D eigenvalue weighted by molar-refractivity contribution is 0.137. The maximum absolute atomic E-state index is 12.9. The van der Waals surface area contributed by atoms with Crippen LogP contribution in [0.4, 0.5) is 4.79 Å². The van der Waals surface area contributed by atoms with Gasteiger partial charge in [0.1, 0.15) is 5.76 Å². The lowest BCUT2D eigenvalue weighted by Crippen LogP contribution is -2.47. The summed E-state index contributed by atoms with van der Waals surface area (Å²) < 4.78 is 5.71. The van der Waals surface area contributed by atoms with Gasteiger partial charge in [-0.3, -0.25) is 4.90 Å². The highest BCUT2D eigenvalue weighted by atomic mass is 16.3. The number of hydrogen-bond donors (Lipinski definition) is 2. The number of carbonyl (C=O) groups is 1. The Morgan fingerprint density at radius 3 is 2.65 bits per heavy atom. The number of likely N-dealkylation sites (tertiary alicyclic amines) is 2. The smallest absolute Gasteiger partial charge is 0.317 e. The van der Waals surface area contributed by atoms with E-state index in [0.717, 1.165) is 44.8 Å². The summed E-state index contributed by atoms with van der Waals surface area (Å²) in [5.41, 5.74) is 2.58. The molecule has 0 radical (unpaired) electrons. The first-order valence-electron chi connectivity index (χ1n) is 11.7. The molecule has 2 saturated heterocycles. The molecule has 2 aliphatic rings. The van der Waals surface area contributed by atoms with Gasteiger partial charge in [-0.25, -0.2) is 4.79 Å². The van der Waals surface area contributed by atoms with Crippen LogP contribution >= 0.6 is 0 Å². The molecule has 2 fully saturated rings. The Morgan fingerprint density at radius 1 is 1.06 bits per heavy atom. The molecule has 164 valence electrons. The number of hydrogen-bond acceptors (Lipinski definition) is 3. The maximum atomic E-state index is 12.9. The highest BCUT2D eigenvalue weighted by Crippen LogP contribution is 2.33. The summed E-state index contributed by atoms with van der Waals surface area (Å²) in [6, 6.07) is 12.6. The summed E-state index contributed by atoms with van der Waals surface area (Å²) in [5, 5.41) is 4.51. The number of piperidine rings is 2. The fourth-order valence-corrected chi connectivity index (χ4v) is 5.24. The Kier molecular flexibility index (Phi) is 5.98. The van der Waals surface area contributed by atoms with E-state index < -0.39 is 0 Å². The summed E-state index contributed by atoms with van der Waals surface area (Å²) in [7, 11) is 0. The first-order valence-corrected chi connectivity index (χ1v) is 11.7. The molecule has 1 aromatic carbocycles. The van der Waals surface area contributed by atoms with Crippen LogP contribution in [0.3, 0.4) is 0 Å². The van der Waals surface area contributed by atoms with Crippen molar-refractivity contribution >= 4 is 16.9 Å². The molecule has 31 heavy (non-hydrogen) atoms. The Balaban J connectivity index is 1.17. The van der Waals surface area contributed by atoms with Crippen molar-refractivity contribution in [2.24, 2.45) is 0 Å². The van der Waals surface area contributed by atoms with E-state index in [2.05, 4.69) is 45.7 Å². The summed E-state index contributed by atoms with van der Waals surface area (Å²) in [4.78, 5) is 20.7. The largest absolute Gasteiger partial charge is 0.468 e. The standard InChI is InChI=1S/C25H32N4O2/c30-25(27-18-23(24-9-6-16-31-24)28-12-4-1-5-13-28)29-14-10-19(11-15-29)21-17-26-22-8-3-2-7-20(21)22/h2-3,6-9,16-17,19,23,26H,1,4-5,10-15,18H2,(H,27,30). The first-order chi connectivity index (χ1) is 15.3. The van der Waals surface area contributed by atoms with Crippen LogP contribution < -0.4 is 5.32 Å². The fraction of sp³-hybridized carbons (Fsp3) is 0.480. The zero-order chi connectivity index (χ0) is 21.0. The number of nitrogens with one attached hydrogen (secondary N) is 2. The minimum atomic E-state index is 0.0472. The zero-order valence-corrected chi connectivity index (χ0v) is 18.1. The Bertz CT molecular complexity index is 982. The molecule has 0 aliphatic carbocycles. The van der Waals surface area contributed by atoms with Gasteiger partial charge in [-0.15, -0.1) is 0 Å². The van der Waals surface area contributed by atoms with Crippen LogP contribution in [-0.2, 0) is 0 Å². The number of aromatic nitrogens is 1. The third-order valence-electron chi connectivity index (χ3n) is 6.99. The Labute approximate surface area is 183 Å². The minimum Gasteiger partial charge on any atom is -0.468 e. The van der Waals surface area contributed by atoms with E-state index >= 15 is 0 Å². The maximum Gasteiger partial charge on any atom is 0.317 e. The molecule has 3 aromatic rings. The van der Waals surface area contributed by atoms with Gasteiger partial charge in [0.2, 0.25) is 0 Å². The van der Waals surface area contributed by atoms with Gasteiger partial charge in [0, 0.05) is 36.7 Å². The third kappa shape index (κ3) is 4.35. The van der Waals surface area contributed by atoms with Crippen molar-refractivity contribution in [3.63, 3.8) is 0 Å². The van der Waals surface area contributed by atoms with E-state index in [1.807, 2.05) is 17.0 Å². The summed E-state index contributed by atoms with van der Waals surface area (Å²) in [5.74, 6) is 1.45. The minimum absolute atomic E-state index is 0.0472. The van der Waals surface area contributed by atoms with Crippen molar-refractivity contribution in [2.75, 3.05) is 32.7 Å². The van der Waals surface area contributed by atoms with Gasteiger partial charge in [-0.2, -0.15) is 0 Å². The zero-order valence-electron chi connectivity index (χ0n) is 18.1. The SMILES string of the molecule is O=C(NCC(c1ccco1)N1CCCCC1)N1CCC(c2c[nH]c3ccccc23)CC1. The highest BCUT2D eigenvalue weighted by molar-refractivity contribution is 5.83. The van der Waals surface area contributed by atoms with Crippen LogP contribution in [0, 0.1) is 0 Å². The number of nitrogens with zero attached hydrogens (tertiary/aromatic N) is 2. The van der Waals surface area contributed by atoms with Crippen molar-refractivity contribution in [3.05, 3.63) is 60.2 Å². The predicted molar refractivity (Wildman–Crippen MR) is 122 cm³/mol. The average molecular weight is 421 g/mol. The number of para-hydroxylation sites is 1. The molecule has 2 aromatic heterocycles. The Hall–Kier alpha value is -2.73. The van der Waals surface area contributed by atoms with Crippen molar-refractivity contribution in [1.29, 1.82) is 0 Å². The predicted octanol–water partition coefficient (Wildman–Crippen LogP) is 4.88. The van der Waals surface area contributed by atoms with Crippen LogP contribution in [-0.4, -0.2) is 53.5 Å². The molecule has 4 heterocycles. The molecule has 2 amide bonds. The monoisotopic (exact) mass is 420 g/mol. The van der Waals surface area contributed by atoms with E-state index in [-0.39, 0.29) is 12.1 Å². The van der Waals surface area contributed by atoms with Crippen molar-refractivity contribution in [2.45, 2.75) is 44.1 Å². The van der Waals surface area contributed by atoms with Crippen LogP contribution in [0.1, 0.15) is 55.4 Å². The molecule has 2 N–H and O–H groups in total. The van der Waals surface area contributed by atoms with Crippen LogP contribution in [0.15, 0.2) is 53.3 Å². The lowest BCUT2D eigenvalue weighted by atomic mass is 9.89. The molecular weight excluding hydrogens is 388 g/mol. The van der Waals surface area contributed by atoms with Gasteiger partial charge in [0.25, 0.3) is 0 Å². The van der Waals surface area contributed by atoms with Crippen molar-refractivity contribution in [3.8, 4) is 0 Å². The van der Waals surface area contributed by atoms with E-state index in [1.54, 1.807) is 6.26 Å². The number of urea groups is 1. The van der Waals surface area contributed by atoms with Crippen LogP contribution in [0.25, 0.3) is 10.9 Å². The molecule has 6 heteroatoms. The quantitative estimate of drug-likeness (QED) is 0.618. The molecule has 2 aliphatic heterocycles. The van der Waals surface area contributed by atoms with E-state index in [9.17, 15) is 4.79 Å². The topological polar surface area (TPSA) is 64.5 Å². The van der Waals surface area contributed by atoms with E-state index in [4.69, 9.17) is 4.42 Å². The fourth-order valence-electron chi connectivity index (χ4n) is 5.24. The van der Waals surface area contributed by atoms with Gasteiger partial charge in [-0.05, 0) is 68.5 Å². The Morgan fingerprint density at radius 2 is 1.87 bits per heavy atom. The summed E-state index contributed by atoms with van der Waals surface area (Å²) in [6.45, 7) is 4.32. The van der Waals surface area contributed by atoms with E-state index in [1.165, 1.54) is 35.7 Å². The normalized spacial score (nSPS) is 19.5. The van der Waals surface area contributed by atoms with Crippen LogP contribution in [0.2, 0.25) is 0 Å². The molecule has 0 saturated carbocycles. The summed E-state index contributed by atoms with van der Waals surface area (Å²) >= 11 is 0. The van der Waals surface area contributed by atoms with Crippen molar-refractivity contribution in [1.82, 2.24) is 20.1 Å². The van der Waals surface area contributed by atoms with Crippen molar-refractivity contribution < 1.29 is 9.21 Å². The molecule has 0 spiro atoms. The number of H-pyrrole nitrogens is 1. The second kappa shape index (κ2) is 9.18. The lowest BCUT2D eigenvalue weighted by Gasteiger charge is -2.35. The van der Waals surface area contributed by atoms with E-state index in [0.29, 0.717) is 12.5 Å². The third-order valence-corrected chi connectivity index (χ3v) is 6.99. The highest BCUT2D eigenvalue weighted by Gasteiger charge is 2.28. The number of aromatic amines is 1. The molecule has 0 bridgehead atoms. The van der Waals surface area contributed by atoms with Gasteiger partial charge in [-0.1, -0.05) is 24.6 Å². The number of fused-ring (bicyclic) bond motifs is 1. The molecule has 5 rings (SSSR count). The number of rotatable bonds is 5. The van der Waals surface area contributed by atoms with Gasteiger partial charge in [0.05, 0.1) is 12.3 Å². The molecule has 1 unspecified atom stereocenters. The first kappa shape index (κ1) is 20.2. The number of benzene rings is 1. The van der Waals surface area contributed by atoms with Crippen LogP contribution in [0.5, 0.6) is 0 Å². The number of furan rings is 1. The molecule has 1 atom stereocenters. The number of amides is 2. The summed E-state index contributed by atoms with van der Waals surface area (Å²) in [6.07, 6.45) is 9.60. The average Bonchev–Trinajstić information content (AvgIpc) is 3.50. The second-order valence-corrected chi connectivity index (χ2v) is 8.86. The molecular formula is C25H32N4O2. The molecule has 6 nitrogen and oxygen atoms in total. The van der Waals surface area contributed by atoms with Gasteiger partial charge < -0.3 is 19.6 Å². The van der Waals surface area contributed by atoms with Gasteiger partial charge >= 0.3 is 6.03 Å².